The summed E-state index contributed by atoms with van der Waals surface area (Å²) in [5.41, 5.74) is 2.53. The van der Waals surface area contributed by atoms with Gasteiger partial charge in [-0.1, -0.05) is 6.42 Å². The lowest BCUT2D eigenvalue weighted by molar-refractivity contribution is -0.137. The van der Waals surface area contributed by atoms with Crippen molar-refractivity contribution in [3.63, 3.8) is 0 Å². The third-order valence-corrected chi connectivity index (χ3v) is 5.69. The van der Waals surface area contributed by atoms with Gasteiger partial charge in [-0.05, 0) is 43.9 Å². The molecule has 3 aromatic heterocycles. The molecule has 1 aliphatic carbocycles. The summed E-state index contributed by atoms with van der Waals surface area (Å²) in [7, 11) is 0. The number of pyridine rings is 2. The molecule has 8 heteroatoms. The Morgan fingerprint density at radius 3 is 2.67 bits per heavy atom. The average Bonchev–Trinajstić information content (AvgIpc) is 3.03. The fourth-order valence-corrected chi connectivity index (χ4v) is 4.02. The first-order valence-corrected chi connectivity index (χ1v) is 9.13. The molecule has 0 spiro atoms. The molecule has 0 aromatic carbocycles. The Balaban J connectivity index is 1.59. The first-order chi connectivity index (χ1) is 13.0. The summed E-state index contributed by atoms with van der Waals surface area (Å²) in [6.45, 7) is 0.954. The van der Waals surface area contributed by atoms with E-state index in [2.05, 4.69) is 26.3 Å². The van der Waals surface area contributed by atoms with Crippen LogP contribution in [-0.4, -0.2) is 26.5 Å². The number of nitrogens with zero attached hydrogens (tertiary/aromatic N) is 3. The summed E-state index contributed by atoms with van der Waals surface area (Å²) in [5, 5.41) is 3.36. The minimum Gasteiger partial charge on any atom is -0.384 e. The summed E-state index contributed by atoms with van der Waals surface area (Å²) < 4.78 is 38.9. The number of rotatable bonds is 2. The van der Waals surface area contributed by atoms with Crippen LogP contribution in [0.4, 0.5) is 18.9 Å². The maximum absolute atomic E-state index is 13.0. The number of alkyl halides is 3. The number of hydrogen-bond acceptors (Lipinski definition) is 4. The maximum atomic E-state index is 13.0. The van der Waals surface area contributed by atoms with Gasteiger partial charge in [-0.2, -0.15) is 13.2 Å². The van der Waals surface area contributed by atoms with Gasteiger partial charge in [0.05, 0.1) is 28.1 Å². The molecule has 0 bridgehead atoms. The predicted octanol–water partition coefficient (Wildman–Crippen LogP) is 4.20. The Bertz CT molecular complexity index is 1020. The van der Waals surface area contributed by atoms with E-state index in [-0.39, 0.29) is 10.9 Å². The zero-order chi connectivity index (χ0) is 18.6. The Hall–Kier alpha value is -2.64. The number of aryl methyl sites for hydroxylation is 1. The van der Waals surface area contributed by atoms with Crippen molar-refractivity contribution in [1.29, 1.82) is 0 Å². The van der Waals surface area contributed by atoms with Crippen molar-refractivity contribution in [1.82, 2.24) is 19.9 Å². The zero-order valence-electron chi connectivity index (χ0n) is 14.5. The number of halogens is 3. The van der Waals surface area contributed by atoms with Crippen molar-refractivity contribution in [3.05, 3.63) is 47.2 Å². The van der Waals surface area contributed by atoms with Crippen molar-refractivity contribution in [2.45, 2.75) is 43.7 Å². The van der Waals surface area contributed by atoms with E-state index in [1.165, 1.54) is 0 Å². The largest absolute Gasteiger partial charge is 0.417 e. The van der Waals surface area contributed by atoms with Gasteiger partial charge in [0.15, 0.2) is 5.65 Å². The van der Waals surface area contributed by atoms with Gasteiger partial charge in [-0.25, -0.2) is 9.97 Å². The molecule has 4 heterocycles. The van der Waals surface area contributed by atoms with Crippen LogP contribution in [0.15, 0.2) is 24.4 Å². The van der Waals surface area contributed by atoms with E-state index in [0.717, 1.165) is 68.0 Å². The summed E-state index contributed by atoms with van der Waals surface area (Å²) >= 11 is 0. The molecule has 0 atom stereocenters. The summed E-state index contributed by atoms with van der Waals surface area (Å²) in [6, 6.07) is 5.12. The Morgan fingerprint density at radius 2 is 1.93 bits per heavy atom. The third-order valence-electron chi connectivity index (χ3n) is 5.69. The second-order valence-corrected chi connectivity index (χ2v) is 7.33. The topological polar surface area (TPSA) is 66.5 Å². The number of aromatic nitrogens is 4. The van der Waals surface area contributed by atoms with Gasteiger partial charge in [-0.15, -0.1) is 0 Å². The Kier molecular flexibility index (Phi) is 3.47. The van der Waals surface area contributed by atoms with Crippen molar-refractivity contribution in [2.75, 3.05) is 11.9 Å². The van der Waals surface area contributed by atoms with Crippen molar-refractivity contribution in [2.24, 2.45) is 0 Å². The third kappa shape index (κ3) is 2.57. The fraction of sp³-hybridized carbons (Fsp3) is 0.421. The zero-order valence-corrected chi connectivity index (χ0v) is 14.5. The van der Waals surface area contributed by atoms with Crippen LogP contribution < -0.4 is 5.32 Å². The minimum atomic E-state index is -4.43. The van der Waals surface area contributed by atoms with E-state index < -0.39 is 11.7 Å². The highest BCUT2D eigenvalue weighted by Crippen LogP contribution is 2.48. The van der Waals surface area contributed by atoms with E-state index in [4.69, 9.17) is 4.98 Å². The first kappa shape index (κ1) is 16.5. The van der Waals surface area contributed by atoms with Gasteiger partial charge in [0, 0.05) is 12.7 Å². The molecule has 1 aliphatic heterocycles. The van der Waals surface area contributed by atoms with Gasteiger partial charge in [-0.3, -0.25) is 4.98 Å². The Labute approximate surface area is 153 Å². The molecule has 140 valence electrons. The Morgan fingerprint density at radius 1 is 1.07 bits per heavy atom. The molecule has 5 nitrogen and oxygen atoms in total. The highest BCUT2D eigenvalue weighted by Gasteiger charge is 2.45. The molecule has 0 amide bonds. The monoisotopic (exact) mass is 373 g/mol. The van der Waals surface area contributed by atoms with Gasteiger partial charge in [0.25, 0.3) is 0 Å². The number of anilines is 1. The van der Waals surface area contributed by atoms with Crippen LogP contribution in [0.2, 0.25) is 0 Å². The van der Waals surface area contributed by atoms with Gasteiger partial charge in [0.1, 0.15) is 11.3 Å². The average molecular weight is 373 g/mol. The summed E-state index contributed by atoms with van der Waals surface area (Å²) in [4.78, 5) is 16.5. The van der Waals surface area contributed by atoms with E-state index >= 15 is 0 Å². The smallest absolute Gasteiger partial charge is 0.384 e. The highest BCUT2D eigenvalue weighted by atomic mass is 19.4. The lowest BCUT2D eigenvalue weighted by atomic mass is 9.65. The number of nitrogens with one attached hydrogen (secondary N) is 2. The van der Waals surface area contributed by atoms with Crippen molar-refractivity contribution < 1.29 is 13.2 Å². The van der Waals surface area contributed by atoms with E-state index in [0.29, 0.717) is 11.5 Å². The first-order valence-electron chi connectivity index (χ1n) is 9.13. The molecule has 0 saturated heterocycles. The van der Waals surface area contributed by atoms with Gasteiger partial charge >= 0.3 is 6.18 Å². The van der Waals surface area contributed by atoms with Crippen LogP contribution in [0.3, 0.4) is 0 Å². The van der Waals surface area contributed by atoms with Crippen LogP contribution in [0, 0.1) is 0 Å². The van der Waals surface area contributed by atoms with E-state index in [1.807, 2.05) is 6.07 Å². The normalized spacial score (nSPS) is 18.6. The molecule has 0 unspecified atom stereocenters. The van der Waals surface area contributed by atoms with Gasteiger partial charge in [0.2, 0.25) is 0 Å². The van der Waals surface area contributed by atoms with Crippen LogP contribution >= 0.6 is 0 Å². The lowest BCUT2D eigenvalue weighted by Gasteiger charge is -2.40. The van der Waals surface area contributed by atoms with Crippen LogP contribution in [0.25, 0.3) is 11.2 Å². The van der Waals surface area contributed by atoms with Crippen LogP contribution in [-0.2, 0) is 18.0 Å². The molecule has 1 saturated carbocycles. The predicted molar refractivity (Wildman–Crippen MR) is 94.6 cm³/mol. The molecular weight excluding hydrogens is 355 g/mol. The maximum Gasteiger partial charge on any atom is 0.417 e. The van der Waals surface area contributed by atoms with Crippen molar-refractivity contribution >= 4 is 16.9 Å². The highest BCUT2D eigenvalue weighted by molar-refractivity contribution is 5.72. The van der Waals surface area contributed by atoms with E-state index in [9.17, 15) is 13.2 Å². The number of fused-ring (bicyclic) bond motifs is 2. The number of imidazole rings is 1. The number of H-pyrrole nitrogens is 1. The number of aromatic amines is 1. The molecule has 27 heavy (non-hydrogen) atoms. The molecule has 2 aliphatic rings. The van der Waals surface area contributed by atoms with E-state index in [1.54, 1.807) is 0 Å². The van der Waals surface area contributed by atoms with Crippen LogP contribution in [0.5, 0.6) is 0 Å². The lowest BCUT2D eigenvalue weighted by Crippen LogP contribution is -2.38. The number of hydrogen-bond donors (Lipinski definition) is 2. The summed E-state index contributed by atoms with van der Waals surface area (Å²) in [6.07, 6.45) is 1.18. The van der Waals surface area contributed by atoms with Crippen molar-refractivity contribution in [3.8, 4) is 0 Å². The SMILES string of the molecule is FC(F)(F)c1cnc2[nH]c(C3(c4ccc5c(n4)CCCN5)CCC3)nc2c1. The molecule has 0 radical (unpaired) electrons. The van der Waals surface area contributed by atoms with Crippen LogP contribution in [0.1, 0.15) is 48.5 Å². The molecule has 3 aromatic rings. The molecule has 1 fully saturated rings. The van der Waals surface area contributed by atoms with Gasteiger partial charge < -0.3 is 10.3 Å². The molecule has 5 rings (SSSR count). The fourth-order valence-electron chi connectivity index (χ4n) is 4.02. The second-order valence-electron chi connectivity index (χ2n) is 7.33. The minimum absolute atomic E-state index is 0.241. The standard InChI is InChI=1S/C19H18F3N5/c20-19(21,22)11-9-14-16(24-10-11)27-17(26-14)18(6-2-7-18)15-5-4-12-13(25-15)3-1-8-23-12/h4-5,9-10,23H,1-3,6-8H2,(H,24,26,27). The molecular formula is C19H18F3N5. The molecule has 2 N–H and O–H groups in total. The quantitative estimate of drug-likeness (QED) is 0.707. The summed E-state index contributed by atoms with van der Waals surface area (Å²) in [5.74, 6) is 0.659. The second kappa shape index (κ2) is 5.68.